The highest BCUT2D eigenvalue weighted by Crippen LogP contribution is 2.49. The third kappa shape index (κ3) is 7.48. The molecule has 4 heterocycles. The zero-order valence-corrected chi connectivity index (χ0v) is 28.2. The number of esters is 2. The molecule has 0 aromatic carbocycles. The molecule has 10 atom stereocenters. The van der Waals surface area contributed by atoms with Crippen molar-refractivity contribution in [1.29, 1.82) is 0 Å². The van der Waals surface area contributed by atoms with E-state index in [9.17, 15) is 19.8 Å². The Morgan fingerprint density at radius 2 is 2.00 bits per heavy atom. The number of carbonyl (C=O) groups excluding carboxylic acids is 2. The molecular formula is C35H48N2O10. The van der Waals surface area contributed by atoms with E-state index in [0.29, 0.717) is 23.6 Å². The molecule has 1 unspecified atom stereocenters. The van der Waals surface area contributed by atoms with Gasteiger partial charge in [-0.25, -0.2) is 9.78 Å². The summed E-state index contributed by atoms with van der Waals surface area (Å²) in [4.78, 5) is 29.4. The second kappa shape index (κ2) is 14.2. The fraction of sp³-hybridized carbons (Fsp3) is 0.629. The summed E-state index contributed by atoms with van der Waals surface area (Å²) in [6, 6.07) is 0. The maximum Gasteiger partial charge on any atom is 0.331 e. The summed E-state index contributed by atoms with van der Waals surface area (Å²) in [5.74, 6) is -1.90. The van der Waals surface area contributed by atoms with Crippen LogP contribution in [0.15, 0.2) is 54.1 Å². The monoisotopic (exact) mass is 656 g/mol. The molecule has 0 spiro atoms. The van der Waals surface area contributed by atoms with Crippen LogP contribution < -0.4 is 0 Å². The summed E-state index contributed by atoms with van der Waals surface area (Å²) < 4.78 is 38.1. The number of nitrogens with zero attached hydrogens (tertiary/aromatic N) is 2. The Kier molecular flexibility index (Phi) is 10.6. The molecule has 1 saturated heterocycles. The number of ether oxygens (including phenoxy) is 6. The van der Waals surface area contributed by atoms with Gasteiger partial charge in [0.05, 0.1) is 25.2 Å². The molecular weight excluding hydrogens is 608 g/mol. The van der Waals surface area contributed by atoms with Crippen LogP contribution in [0.25, 0.3) is 6.08 Å². The van der Waals surface area contributed by atoms with E-state index in [1.54, 1.807) is 30.3 Å². The lowest BCUT2D eigenvalue weighted by Gasteiger charge is -2.41. The van der Waals surface area contributed by atoms with Gasteiger partial charge in [-0.1, -0.05) is 31.6 Å². The van der Waals surface area contributed by atoms with E-state index < -0.39 is 54.0 Å². The second-order valence-corrected chi connectivity index (χ2v) is 13.6. The van der Waals surface area contributed by atoms with Crippen molar-refractivity contribution >= 4 is 18.0 Å². The number of carbonyl (C=O) groups is 2. The number of aryl methyl sites for hydroxylation is 1. The topological polar surface area (TPSA) is 148 Å². The van der Waals surface area contributed by atoms with Crippen LogP contribution in [0.1, 0.15) is 53.2 Å². The van der Waals surface area contributed by atoms with E-state index in [4.69, 9.17) is 28.4 Å². The van der Waals surface area contributed by atoms with Gasteiger partial charge in [0.15, 0.2) is 12.4 Å². The normalized spacial score (nSPS) is 37.1. The number of hydrogen-bond acceptors (Lipinski definition) is 11. The number of imidazole rings is 1. The molecule has 1 aromatic rings. The van der Waals surface area contributed by atoms with Crippen LogP contribution in [0.3, 0.4) is 0 Å². The van der Waals surface area contributed by atoms with Crippen LogP contribution >= 0.6 is 0 Å². The first-order valence-electron chi connectivity index (χ1n) is 16.2. The number of methoxy groups -OCH3 is 1. The summed E-state index contributed by atoms with van der Waals surface area (Å²) >= 11 is 0. The molecule has 2 N–H and O–H groups in total. The van der Waals surface area contributed by atoms with Gasteiger partial charge in [0.25, 0.3) is 0 Å². The van der Waals surface area contributed by atoms with Crippen molar-refractivity contribution in [2.45, 2.75) is 89.6 Å². The minimum atomic E-state index is -1.39. The Labute approximate surface area is 276 Å². The molecule has 1 fully saturated rings. The first-order chi connectivity index (χ1) is 22.2. The van der Waals surface area contributed by atoms with Crippen LogP contribution in [0.4, 0.5) is 0 Å². The van der Waals surface area contributed by atoms with Crippen LogP contribution in [-0.2, 0) is 45.1 Å². The van der Waals surface area contributed by atoms with Crippen molar-refractivity contribution in [1.82, 2.24) is 9.55 Å². The Balaban J connectivity index is 1.49. The van der Waals surface area contributed by atoms with Gasteiger partial charge >= 0.3 is 11.9 Å². The van der Waals surface area contributed by atoms with E-state index in [1.165, 1.54) is 18.6 Å². The Morgan fingerprint density at radius 1 is 1.23 bits per heavy atom. The van der Waals surface area contributed by atoms with Gasteiger partial charge in [0.1, 0.15) is 23.9 Å². The van der Waals surface area contributed by atoms with Crippen molar-refractivity contribution in [3.8, 4) is 0 Å². The summed E-state index contributed by atoms with van der Waals surface area (Å²) in [7, 11) is 3.40. The van der Waals surface area contributed by atoms with E-state index in [2.05, 4.69) is 37.9 Å². The van der Waals surface area contributed by atoms with Crippen LogP contribution in [0.2, 0.25) is 0 Å². The van der Waals surface area contributed by atoms with Crippen LogP contribution in [0, 0.1) is 23.7 Å². The standard InChI is InChI=1S/C35H48N2O10/c1-20(2)25-10-8-21(3)26-15-29(46-30(40)11-9-24-16-37(6)19-36-24)34(5)12-13-35(42-7,47-34)23(14-27(25)26)17-43-33-32(45-22(4)38)31(41)28(39)18-44-33/h8-9,11-14,16,19-20,25-29,31-33,39,41H,10,15,17-18H2,1-7H3/b11-9+,23-14?/t25-,26+,27-,28-,29?,31-,32+,33-,34+,35-/m1/s1. The van der Waals surface area contributed by atoms with Crippen molar-refractivity contribution in [2.75, 3.05) is 20.3 Å². The molecule has 12 nitrogen and oxygen atoms in total. The fourth-order valence-corrected chi connectivity index (χ4v) is 7.17. The summed E-state index contributed by atoms with van der Waals surface area (Å²) in [5, 5.41) is 20.8. The molecule has 0 radical (unpaired) electrons. The molecule has 12 heteroatoms. The van der Waals surface area contributed by atoms with Gasteiger partial charge in [-0.3, -0.25) is 4.79 Å². The number of fused-ring (bicyclic) bond motifs is 3. The predicted molar refractivity (Wildman–Crippen MR) is 170 cm³/mol. The molecule has 258 valence electrons. The molecule has 3 aliphatic heterocycles. The average Bonchev–Trinajstić information content (AvgIpc) is 3.61. The third-order valence-electron chi connectivity index (χ3n) is 9.88. The first kappa shape index (κ1) is 35.2. The summed E-state index contributed by atoms with van der Waals surface area (Å²) in [6.45, 7) is 9.36. The number of rotatable bonds is 9. The quantitative estimate of drug-likeness (QED) is 0.229. The van der Waals surface area contributed by atoms with Gasteiger partial charge < -0.3 is 43.2 Å². The lowest BCUT2D eigenvalue weighted by molar-refractivity contribution is -0.277. The zero-order valence-electron chi connectivity index (χ0n) is 28.2. The predicted octanol–water partition coefficient (Wildman–Crippen LogP) is 3.24. The molecule has 1 aliphatic carbocycles. The highest BCUT2D eigenvalue weighted by molar-refractivity contribution is 5.86. The van der Waals surface area contributed by atoms with Gasteiger partial charge in [-0.15, -0.1) is 0 Å². The van der Waals surface area contributed by atoms with Gasteiger partial charge in [0, 0.05) is 38.9 Å². The Bertz CT molecular complexity index is 1430. The second-order valence-electron chi connectivity index (χ2n) is 13.6. The summed E-state index contributed by atoms with van der Waals surface area (Å²) in [5.41, 5.74) is 1.43. The van der Waals surface area contributed by atoms with E-state index in [-0.39, 0.29) is 31.0 Å². The van der Waals surface area contributed by atoms with Gasteiger partial charge in [0.2, 0.25) is 5.79 Å². The molecule has 5 rings (SSSR count). The largest absolute Gasteiger partial charge is 0.456 e. The lowest BCUT2D eigenvalue weighted by atomic mass is 9.65. The van der Waals surface area contributed by atoms with E-state index >= 15 is 0 Å². The minimum Gasteiger partial charge on any atom is -0.456 e. The van der Waals surface area contributed by atoms with Gasteiger partial charge in [-0.05, 0) is 68.6 Å². The van der Waals surface area contributed by atoms with Crippen molar-refractivity contribution < 1.29 is 48.2 Å². The Morgan fingerprint density at radius 3 is 2.66 bits per heavy atom. The molecule has 4 aliphatic rings. The Hall–Kier alpha value is -3.13. The maximum atomic E-state index is 13.3. The zero-order chi connectivity index (χ0) is 34.1. The smallest absolute Gasteiger partial charge is 0.331 e. The van der Waals surface area contributed by atoms with E-state index in [0.717, 1.165) is 6.42 Å². The average molecular weight is 657 g/mol. The number of aliphatic hydroxyl groups is 2. The van der Waals surface area contributed by atoms with Crippen molar-refractivity contribution in [3.63, 3.8) is 0 Å². The lowest BCUT2D eigenvalue weighted by Crippen LogP contribution is -2.55. The van der Waals surface area contributed by atoms with E-state index in [1.807, 2.05) is 26.1 Å². The van der Waals surface area contributed by atoms with Crippen LogP contribution in [-0.4, -0.2) is 94.1 Å². The van der Waals surface area contributed by atoms with Gasteiger partial charge in [-0.2, -0.15) is 0 Å². The highest BCUT2D eigenvalue weighted by atomic mass is 16.7. The van der Waals surface area contributed by atoms with Crippen molar-refractivity contribution in [2.24, 2.45) is 30.7 Å². The number of aliphatic hydroxyl groups excluding tert-OH is 2. The molecule has 1 aromatic heterocycles. The third-order valence-corrected chi connectivity index (χ3v) is 9.88. The number of aromatic nitrogens is 2. The SMILES string of the molecule is CO[C@]12C=C[C@](C)(O1)C(OC(=O)/C=C/c1cn(C)cn1)C[C@H]1C(C)=CC[C@H](C(C)C)[C@H]1C=C2CO[C@@H]1OC[C@@H](O)[C@@H](O)[C@@H]1OC(C)=O. The van der Waals surface area contributed by atoms with Crippen LogP contribution in [0.5, 0.6) is 0 Å². The minimum absolute atomic E-state index is 0.0137. The summed E-state index contributed by atoms with van der Waals surface area (Å²) in [6.07, 6.45) is 10.3. The molecule has 0 amide bonds. The number of hydrogen-bond donors (Lipinski definition) is 2. The first-order valence-corrected chi connectivity index (χ1v) is 16.2. The molecule has 2 bridgehead atoms. The van der Waals surface area contributed by atoms with Crippen molar-refractivity contribution in [3.05, 3.63) is 59.7 Å². The highest BCUT2D eigenvalue weighted by Gasteiger charge is 2.54. The maximum absolute atomic E-state index is 13.3. The molecule has 47 heavy (non-hydrogen) atoms. The number of allylic oxidation sites excluding steroid dienone is 3. The fourth-order valence-electron chi connectivity index (χ4n) is 7.17. The molecule has 0 saturated carbocycles.